The van der Waals surface area contributed by atoms with Crippen LogP contribution in [-0.4, -0.2) is 28.7 Å². The number of hydrogen-bond donors (Lipinski definition) is 1. The molecule has 0 saturated carbocycles. The largest absolute Gasteiger partial charge is 0.347 e. The minimum Gasteiger partial charge on any atom is -0.347 e. The van der Waals surface area contributed by atoms with Gasteiger partial charge >= 0.3 is 0 Å². The number of rotatable bonds is 4. The van der Waals surface area contributed by atoms with Crippen LogP contribution in [0.25, 0.3) is 0 Å². The lowest BCUT2D eigenvalue weighted by molar-refractivity contribution is 0.515. The van der Waals surface area contributed by atoms with Crippen LogP contribution in [0.15, 0.2) is 17.2 Å². The Morgan fingerprint density at radius 2 is 2.33 bits per heavy atom. The third kappa shape index (κ3) is 2.27. The van der Waals surface area contributed by atoms with Gasteiger partial charge in [0.05, 0.1) is 0 Å². The summed E-state index contributed by atoms with van der Waals surface area (Å²) in [5.74, 6) is 1.08. The number of anilines is 1. The van der Waals surface area contributed by atoms with Gasteiger partial charge in [-0.1, -0.05) is 13.8 Å². The van der Waals surface area contributed by atoms with Crippen molar-refractivity contribution in [1.29, 1.82) is 0 Å². The van der Waals surface area contributed by atoms with Gasteiger partial charge in [-0.15, -0.1) is 0 Å². The van der Waals surface area contributed by atoms with Gasteiger partial charge in [0.15, 0.2) is 5.82 Å². The SMILES string of the molecule is CCCn1ccnc(N2CCC(C)C2CN)c1=O. The summed E-state index contributed by atoms with van der Waals surface area (Å²) in [7, 11) is 0. The zero-order valence-corrected chi connectivity index (χ0v) is 11.2. The topological polar surface area (TPSA) is 64.2 Å². The van der Waals surface area contributed by atoms with Gasteiger partial charge in [-0.25, -0.2) is 4.98 Å². The van der Waals surface area contributed by atoms with Crippen molar-refractivity contribution >= 4 is 5.82 Å². The van der Waals surface area contributed by atoms with Crippen LogP contribution in [0.2, 0.25) is 0 Å². The van der Waals surface area contributed by atoms with Crippen LogP contribution in [0.1, 0.15) is 26.7 Å². The first-order valence-electron chi connectivity index (χ1n) is 6.71. The van der Waals surface area contributed by atoms with E-state index in [1.54, 1.807) is 17.0 Å². The van der Waals surface area contributed by atoms with Gasteiger partial charge in [0, 0.05) is 38.1 Å². The van der Waals surface area contributed by atoms with Crippen LogP contribution in [0.4, 0.5) is 5.82 Å². The third-order valence-electron chi connectivity index (χ3n) is 3.76. The van der Waals surface area contributed by atoms with E-state index < -0.39 is 0 Å². The smallest absolute Gasteiger partial charge is 0.293 e. The third-order valence-corrected chi connectivity index (χ3v) is 3.76. The number of nitrogens with two attached hydrogens (primary N) is 1. The lowest BCUT2D eigenvalue weighted by atomic mass is 10.0. The highest BCUT2D eigenvalue weighted by molar-refractivity contribution is 5.39. The molecule has 1 aliphatic rings. The fourth-order valence-corrected chi connectivity index (χ4v) is 2.68. The highest BCUT2D eigenvalue weighted by Crippen LogP contribution is 2.25. The first kappa shape index (κ1) is 13.1. The van der Waals surface area contributed by atoms with Crippen LogP contribution in [0.5, 0.6) is 0 Å². The maximum absolute atomic E-state index is 12.3. The molecule has 1 saturated heterocycles. The number of aromatic nitrogens is 2. The second-order valence-corrected chi connectivity index (χ2v) is 5.01. The first-order valence-corrected chi connectivity index (χ1v) is 6.71. The van der Waals surface area contributed by atoms with Crippen molar-refractivity contribution in [3.05, 3.63) is 22.7 Å². The Kier molecular flexibility index (Phi) is 4.01. The van der Waals surface area contributed by atoms with E-state index in [9.17, 15) is 4.79 Å². The highest BCUT2D eigenvalue weighted by atomic mass is 16.1. The van der Waals surface area contributed by atoms with Crippen molar-refractivity contribution in [2.24, 2.45) is 11.7 Å². The molecule has 1 aliphatic heterocycles. The second-order valence-electron chi connectivity index (χ2n) is 5.01. The molecule has 0 amide bonds. The maximum Gasteiger partial charge on any atom is 0.293 e. The van der Waals surface area contributed by atoms with Gasteiger partial charge in [-0.3, -0.25) is 4.79 Å². The van der Waals surface area contributed by atoms with Crippen molar-refractivity contribution in [1.82, 2.24) is 9.55 Å². The van der Waals surface area contributed by atoms with Gasteiger partial charge in [0.25, 0.3) is 5.56 Å². The summed E-state index contributed by atoms with van der Waals surface area (Å²) in [5, 5.41) is 0. The lowest BCUT2D eigenvalue weighted by Crippen LogP contribution is -2.42. The highest BCUT2D eigenvalue weighted by Gasteiger charge is 2.32. The van der Waals surface area contributed by atoms with E-state index >= 15 is 0 Å². The number of hydrogen-bond acceptors (Lipinski definition) is 4. The maximum atomic E-state index is 12.3. The standard InChI is InChI=1S/C13H22N4O/c1-3-6-16-8-5-15-12(13(16)18)17-7-4-10(2)11(17)9-14/h5,8,10-11H,3-4,6-7,9,14H2,1-2H3. The van der Waals surface area contributed by atoms with E-state index in [1.165, 1.54) is 0 Å². The van der Waals surface area contributed by atoms with E-state index in [-0.39, 0.29) is 11.6 Å². The molecule has 0 aliphatic carbocycles. The molecular formula is C13H22N4O. The lowest BCUT2D eigenvalue weighted by Gasteiger charge is -2.26. The van der Waals surface area contributed by atoms with E-state index in [1.807, 2.05) is 0 Å². The van der Waals surface area contributed by atoms with E-state index in [0.29, 0.717) is 18.3 Å². The Morgan fingerprint density at radius 3 is 3.00 bits per heavy atom. The van der Waals surface area contributed by atoms with Gasteiger partial charge < -0.3 is 15.2 Å². The van der Waals surface area contributed by atoms with E-state index in [4.69, 9.17) is 5.73 Å². The summed E-state index contributed by atoms with van der Waals surface area (Å²) in [6.07, 6.45) is 5.49. The fourth-order valence-electron chi connectivity index (χ4n) is 2.68. The molecule has 1 aromatic heterocycles. The summed E-state index contributed by atoms with van der Waals surface area (Å²) in [5.41, 5.74) is 5.83. The molecule has 5 nitrogen and oxygen atoms in total. The average molecular weight is 250 g/mol. The average Bonchev–Trinajstić information content (AvgIpc) is 2.73. The van der Waals surface area contributed by atoms with Crippen molar-refractivity contribution in [3.8, 4) is 0 Å². The molecule has 2 heterocycles. The number of nitrogens with zero attached hydrogens (tertiary/aromatic N) is 3. The fraction of sp³-hybridized carbons (Fsp3) is 0.692. The molecule has 0 aromatic carbocycles. The van der Waals surface area contributed by atoms with E-state index in [0.717, 1.165) is 25.9 Å². The zero-order valence-electron chi connectivity index (χ0n) is 11.2. The molecule has 0 radical (unpaired) electrons. The molecule has 1 fully saturated rings. The summed E-state index contributed by atoms with van der Waals surface area (Å²) >= 11 is 0. The molecular weight excluding hydrogens is 228 g/mol. The second kappa shape index (κ2) is 5.52. The minimum absolute atomic E-state index is 0.00639. The molecule has 2 atom stereocenters. The molecule has 2 rings (SSSR count). The Hall–Kier alpha value is -1.36. The zero-order chi connectivity index (χ0) is 13.1. The van der Waals surface area contributed by atoms with Gasteiger partial charge in [0.1, 0.15) is 0 Å². The van der Waals surface area contributed by atoms with Gasteiger partial charge in [-0.05, 0) is 18.8 Å². The Balaban J connectivity index is 2.34. The van der Waals surface area contributed by atoms with Crippen LogP contribution in [0.3, 0.4) is 0 Å². The monoisotopic (exact) mass is 250 g/mol. The first-order chi connectivity index (χ1) is 8.69. The van der Waals surface area contributed by atoms with E-state index in [2.05, 4.69) is 23.7 Å². The predicted octanol–water partition coefficient (Wildman–Crippen LogP) is 0.827. The van der Waals surface area contributed by atoms with Crippen LogP contribution >= 0.6 is 0 Å². The van der Waals surface area contributed by atoms with Crippen molar-refractivity contribution < 1.29 is 0 Å². The summed E-state index contributed by atoms with van der Waals surface area (Å²) in [6, 6.07) is 0.239. The predicted molar refractivity (Wildman–Crippen MR) is 72.8 cm³/mol. The summed E-state index contributed by atoms with van der Waals surface area (Å²) in [4.78, 5) is 18.7. The molecule has 18 heavy (non-hydrogen) atoms. The van der Waals surface area contributed by atoms with Crippen molar-refractivity contribution in [3.63, 3.8) is 0 Å². The molecule has 1 aromatic rings. The molecule has 2 N–H and O–H groups in total. The quantitative estimate of drug-likeness (QED) is 0.859. The minimum atomic E-state index is 0.00639. The molecule has 2 unspecified atom stereocenters. The van der Waals surface area contributed by atoms with Gasteiger partial charge in [-0.2, -0.15) is 0 Å². The van der Waals surface area contributed by atoms with Crippen molar-refractivity contribution in [2.45, 2.75) is 39.3 Å². The number of aryl methyl sites for hydroxylation is 1. The Bertz CT molecular complexity index is 457. The summed E-state index contributed by atoms with van der Waals surface area (Å²) in [6.45, 7) is 6.44. The Morgan fingerprint density at radius 1 is 1.56 bits per heavy atom. The summed E-state index contributed by atoms with van der Waals surface area (Å²) < 4.78 is 1.74. The van der Waals surface area contributed by atoms with Crippen LogP contribution in [0, 0.1) is 5.92 Å². The van der Waals surface area contributed by atoms with Gasteiger partial charge in [0.2, 0.25) is 0 Å². The van der Waals surface area contributed by atoms with Crippen LogP contribution < -0.4 is 16.2 Å². The molecule has 0 bridgehead atoms. The molecule has 0 spiro atoms. The molecule has 5 heteroatoms. The molecule has 100 valence electrons. The van der Waals surface area contributed by atoms with Crippen LogP contribution in [-0.2, 0) is 6.54 Å². The normalized spacial score (nSPS) is 23.6. The Labute approximate surface area is 108 Å². The van der Waals surface area contributed by atoms with Crippen molar-refractivity contribution in [2.75, 3.05) is 18.0 Å².